The number of fused-ring (bicyclic) bond motifs is 1. The molecule has 1 heterocycles. The summed E-state index contributed by atoms with van der Waals surface area (Å²) in [6.07, 6.45) is 1.84. The van der Waals surface area contributed by atoms with Crippen LogP contribution in [0.2, 0.25) is 0 Å². The zero-order chi connectivity index (χ0) is 15.5. The standard InChI is InChI=1S/C18H19N3O/c1-21(2)18-15-9-8-14(12-13(15)10-11-19-18)20-16-6-4-5-7-17(16)22-3/h4-12,20H,1-3H3. The van der Waals surface area contributed by atoms with Crippen LogP contribution in [-0.2, 0) is 0 Å². The van der Waals surface area contributed by atoms with Crippen molar-refractivity contribution in [3.63, 3.8) is 0 Å². The minimum Gasteiger partial charge on any atom is -0.495 e. The molecule has 0 saturated carbocycles. The van der Waals surface area contributed by atoms with Gasteiger partial charge in [-0.15, -0.1) is 0 Å². The van der Waals surface area contributed by atoms with Gasteiger partial charge in [0.1, 0.15) is 11.6 Å². The maximum absolute atomic E-state index is 5.38. The molecule has 0 amide bonds. The maximum atomic E-state index is 5.38. The predicted octanol–water partition coefficient (Wildman–Crippen LogP) is 4.05. The van der Waals surface area contributed by atoms with Crippen molar-refractivity contribution >= 4 is 28.0 Å². The first kappa shape index (κ1) is 14.2. The lowest BCUT2D eigenvalue weighted by Gasteiger charge is -2.15. The normalized spacial score (nSPS) is 10.5. The Hall–Kier alpha value is -2.75. The number of anilines is 3. The van der Waals surface area contributed by atoms with Gasteiger partial charge in [0.15, 0.2) is 0 Å². The Bertz CT molecular complexity index is 799. The molecule has 0 fully saturated rings. The van der Waals surface area contributed by atoms with Gasteiger partial charge in [0.05, 0.1) is 12.8 Å². The van der Waals surface area contributed by atoms with Gasteiger partial charge in [-0.05, 0) is 41.8 Å². The number of hydrogen-bond donors (Lipinski definition) is 1. The van der Waals surface area contributed by atoms with Crippen molar-refractivity contribution in [2.45, 2.75) is 0 Å². The third-order valence-electron chi connectivity index (χ3n) is 3.55. The van der Waals surface area contributed by atoms with Gasteiger partial charge in [-0.3, -0.25) is 0 Å². The quantitative estimate of drug-likeness (QED) is 0.787. The molecular weight excluding hydrogens is 274 g/mol. The smallest absolute Gasteiger partial charge is 0.142 e. The van der Waals surface area contributed by atoms with Crippen molar-refractivity contribution in [3.8, 4) is 5.75 Å². The molecule has 3 rings (SSSR count). The summed E-state index contributed by atoms with van der Waals surface area (Å²) in [6.45, 7) is 0. The molecule has 0 saturated heterocycles. The Balaban J connectivity index is 1.99. The van der Waals surface area contributed by atoms with Crippen LogP contribution in [-0.4, -0.2) is 26.2 Å². The van der Waals surface area contributed by atoms with Crippen LogP contribution in [0.1, 0.15) is 0 Å². The van der Waals surface area contributed by atoms with Crippen LogP contribution in [0.15, 0.2) is 54.7 Å². The van der Waals surface area contributed by atoms with Gasteiger partial charge in [-0.2, -0.15) is 0 Å². The molecule has 1 aromatic heterocycles. The number of nitrogens with one attached hydrogen (secondary N) is 1. The molecule has 4 heteroatoms. The highest BCUT2D eigenvalue weighted by Crippen LogP contribution is 2.30. The fraction of sp³-hybridized carbons (Fsp3) is 0.167. The summed E-state index contributed by atoms with van der Waals surface area (Å²) < 4.78 is 5.38. The third kappa shape index (κ3) is 2.68. The van der Waals surface area contributed by atoms with Crippen LogP contribution in [0.3, 0.4) is 0 Å². The highest BCUT2D eigenvalue weighted by molar-refractivity contribution is 5.94. The summed E-state index contributed by atoms with van der Waals surface area (Å²) in [6, 6.07) is 16.2. The minimum absolute atomic E-state index is 0.825. The molecule has 0 bridgehead atoms. The van der Waals surface area contributed by atoms with Crippen molar-refractivity contribution in [3.05, 3.63) is 54.7 Å². The molecule has 1 N–H and O–H groups in total. The number of aromatic nitrogens is 1. The van der Waals surface area contributed by atoms with Crippen LogP contribution in [0.4, 0.5) is 17.2 Å². The van der Waals surface area contributed by atoms with Crippen LogP contribution < -0.4 is 15.0 Å². The molecule has 4 nitrogen and oxygen atoms in total. The van der Waals surface area contributed by atoms with Crippen molar-refractivity contribution in [1.82, 2.24) is 4.98 Å². The first-order valence-electron chi connectivity index (χ1n) is 7.15. The van der Waals surface area contributed by atoms with E-state index >= 15 is 0 Å². The average molecular weight is 293 g/mol. The minimum atomic E-state index is 0.825. The topological polar surface area (TPSA) is 37.4 Å². The Labute approximate surface area is 130 Å². The van der Waals surface area contributed by atoms with E-state index < -0.39 is 0 Å². The second kappa shape index (κ2) is 5.93. The van der Waals surface area contributed by atoms with E-state index in [0.29, 0.717) is 0 Å². The monoisotopic (exact) mass is 293 g/mol. The van der Waals surface area contributed by atoms with Crippen LogP contribution >= 0.6 is 0 Å². The van der Waals surface area contributed by atoms with Gasteiger partial charge in [0.2, 0.25) is 0 Å². The zero-order valence-corrected chi connectivity index (χ0v) is 13.0. The van der Waals surface area contributed by atoms with E-state index in [4.69, 9.17) is 4.74 Å². The lowest BCUT2D eigenvalue weighted by molar-refractivity contribution is 0.417. The Kier molecular flexibility index (Phi) is 3.83. The number of benzene rings is 2. The Morgan fingerprint density at radius 2 is 1.86 bits per heavy atom. The Morgan fingerprint density at radius 1 is 1.05 bits per heavy atom. The summed E-state index contributed by atoms with van der Waals surface area (Å²) in [5.41, 5.74) is 1.97. The summed E-state index contributed by atoms with van der Waals surface area (Å²) >= 11 is 0. The number of para-hydroxylation sites is 2. The van der Waals surface area contributed by atoms with Gasteiger partial charge >= 0.3 is 0 Å². The maximum Gasteiger partial charge on any atom is 0.142 e. The lowest BCUT2D eigenvalue weighted by atomic mass is 10.1. The number of hydrogen-bond acceptors (Lipinski definition) is 4. The summed E-state index contributed by atoms with van der Waals surface area (Å²) in [5.74, 6) is 1.80. The van der Waals surface area contributed by atoms with Gasteiger partial charge in [-0.25, -0.2) is 4.98 Å². The number of ether oxygens (including phenoxy) is 1. The van der Waals surface area contributed by atoms with E-state index in [9.17, 15) is 0 Å². The SMILES string of the molecule is COc1ccccc1Nc1ccc2c(N(C)C)nccc2c1. The third-order valence-corrected chi connectivity index (χ3v) is 3.55. The predicted molar refractivity (Wildman–Crippen MR) is 92.3 cm³/mol. The fourth-order valence-corrected chi connectivity index (χ4v) is 2.50. The van der Waals surface area contributed by atoms with E-state index in [0.717, 1.165) is 33.7 Å². The first-order valence-corrected chi connectivity index (χ1v) is 7.15. The largest absolute Gasteiger partial charge is 0.495 e. The van der Waals surface area contributed by atoms with E-state index in [1.54, 1.807) is 7.11 Å². The van der Waals surface area contributed by atoms with E-state index in [2.05, 4.69) is 28.5 Å². The fourth-order valence-electron chi connectivity index (χ4n) is 2.50. The molecule has 0 aliphatic carbocycles. The Morgan fingerprint density at radius 3 is 2.64 bits per heavy atom. The molecule has 0 radical (unpaired) electrons. The number of rotatable bonds is 4. The summed E-state index contributed by atoms with van der Waals surface area (Å²) in [4.78, 5) is 6.46. The zero-order valence-electron chi connectivity index (χ0n) is 13.0. The average Bonchev–Trinajstić information content (AvgIpc) is 2.54. The van der Waals surface area contributed by atoms with Gasteiger partial charge in [-0.1, -0.05) is 12.1 Å². The number of pyridine rings is 1. The van der Waals surface area contributed by atoms with Crippen LogP contribution in [0.5, 0.6) is 5.75 Å². The molecule has 112 valence electrons. The van der Waals surface area contributed by atoms with Crippen molar-refractivity contribution < 1.29 is 4.74 Å². The van der Waals surface area contributed by atoms with Crippen molar-refractivity contribution in [1.29, 1.82) is 0 Å². The second-order valence-electron chi connectivity index (χ2n) is 5.29. The molecule has 0 spiro atoms. The molecule has 0 unspecified atom stereocenters. The van der Waals surface area contributed by atoms with Gasteiger partial charge in [0.25, 0.3) is 0 Å². The summed E-state index contributed by atoms with van der Waals surface area (Å²) in [7, 11) is 5.68. The van der Waals surface area contributed by atoms with Crippen LogP contribution in [0.25, 0.3) is 10.8 Å². The summed E-state index contributed by atoms with van der Waals surface area (Å²) in [5, 5.41) is 5.69. The molecule has 0 aliphatic rings. The molecule has 0 atom stereocenters. The molecule has 2 aromatic carbocycles. The lowest BCUT2D eigenvalue weighted by Crippen LogP contribution is -2.10. The first-order chi connectivity index (χ1) is 10.7. The van der Waals surface area contributed by atoms with E-state index in [-0.39, 0.29) is 0 Å². The second-order valence-corrected chi connectivity index (χ2v) is 5.29. The van der Waals surface area contributed by atoms with E-state index in [1.165, 1.54) is 0 Å². The molecule has 3 aromatic rings. The van der Waals surface area contributed by atoms with Gasteiger partial charge in [0, 0.05) is 31.4 Å². The van der Waals surface area contributed by atoms with E-state index in [1.807, 2.05) is 55.5 Å². The highest BCUT2D eigenvalue weighted by atomic mass is 16.5. The molecule has 0 aliphatic heterocycles. The van der Waals surface area contributed by atoms with Crippen molar-refractivity contribution in [2.75, 3.05) is 31.4 Å². The highest BCUT2D eigenvalue weighted by Gasteiger charge is 2.06. The number of methoxy groups -OCH3 is 1. The van der Waals surface area contributed by atoms with Crippen LogP contribution in [0, 0.1) is 0 Å². The van der Waals surface area contributed by atoms with Gasteiger partial charge < -0.3 is 15.0 Å². The molecular formula is C18H19N3O. The molecule has 22 heavy (non-hydrogen) atoms. The number of nitrogens with zero attached hydrogens (tertiary/aromatic N) is 2. The van der Waals surface area contributed by atoms with Crippen molar-refractivity contribution in [2.24, 2.45) is 0 Å².